The van der Waals surface area contributed by atoms with E-state index < -0.39 is 10.0 Å². The summed E-state index contributed by atoms with van der Waals surface area (Å²) in [6.45, 7) is 6.06. The Morgan fingerprint density at radius 3 is 2.30 bits per heavy atom. The minimum absolute atomic E-state index is 0.120. The third-order valence-corrected chi connectivity index (χ3v) is 4.63. The summed E-state index contributed by atoms with van der Waals surface area (Å²) in [5.74, 6) is 0. The van der Waals surface area contributed by atoms with Crippen molar-refractivity contribution in [1.29, 1.82) is 0 Å². The number of nitrogens with two attached hydrogens (primary N) is 1. The van der Waals surface area contributed by atoms with Crippen LogP contribution in [-0.4, -0.2) is 17.6 Å². The van der Waals surface area contributed by atoms with Crippen LogP contribution in [0.15, 0.2) is 41.3 Å². The highest BCUT2D eigenvalue weighted by molar-refractivity contribution is 7.89. The van der Waals surface area contributed by atoms with Gasteiger partial charge in [0.1, 0.15) is 0 Å². The first-order chi connectivity index (χ1) is 9.26. The second-order valence-electron chi connectivity index (χ2n) is 5.64. The van der Waals surface area contributed by atoms with E-state index in [2.05, 4.69) is 5.10 Å². The van der Waals surface area contributed by atoms with Crippen molar-refractivity contribution < 1.29 is 8.42 Å². The van der Waals surface area contributed by atoms with Crippen molar-refractivity contribution in [1.82, 2.24) is 9.19 Å². The third kappa shape index (κ3) is 2.62. The van der Waals surface area contributed by atoms with E-state index in [1.54, 1.807) is 36.4 Å². The van der Waals surface area contributed by atoms with Gasteiger partial charge in [0.05, 0.1) is 16.3 Å². The molecule has 0 unspecified atom stereocenters. The van der Waals surface area contributed by atoms with Gasteiger partial charge in [-0.3, -0.25) is 0 Å². The quantitative estimate of drug-likeness (QED) is 0.937. The van der Waals surface area contributed by atoms with Crippen molar-refractivity contribution in [3.8, 4) is 0 Å². The lowest BCUT2D eigenvalue weighted by atomic mass is 9.92. The molecule has 1 aromatic carbocycles. The van der Waals surface area contributed by atoms with E-state index in [1.807, 2.05) is 20.8 Å². The van der Waals surface area contributed by atoms with Crippen LogP contribution in [-0.2, 0) is 22.0 Å². The predicted molar refractivity (Wildman–Crippen MR) is 77.8 cm³/mol. The van der Waals surface area contributed by atoms with Crippen LogP contribution in [0.4, 0.5) is 0 Å². The molecular formula is C14H19N3O2S. The fourth-order valence-electron chi connectivity index (χ4n) is 1.81. The van der Waals surface area contributed by atoms with Gasteiger partial charge in [-0.25, -0.2) is 0 Å². The molecule has 5 nitrogen and oxygen atoms in total. The Morgan fingerprint density at radius 2 is 1.80 bits per heavy atom. The van der Waals surface area contributed by atoms with Gasteiger partial charge in [-0.05, 0) is 18.2 Å². The summed E-state index contributed by atoms with van der Waals surface area (Å²) >= 11 is 0. The molecule has 0 aliphatic heterocycles. The monoisotopic (exact) mass is 293 g/mol. The van der Waals surface area contributed by atoms with Gasteiger partial charge in [0.15, 0.2) is 0 Å². The van der Waals surface area contributed by atoms with Crippen molar-refractivity contribution in [3.63, 3.8) is 0 Å². The van der Waals surface area contributed by atoms with E-state index >= 15 is 0 Å². The van der Waals surface area contributed by atoms with Crippen molar-refractivity contribution in [2.75, 3.05) is 0 Å². The topological polar surface area (TPSA) is 78.0 Å². The maximum Gasteiger partial charge on any atom is 0.283 e. The Kier molecular flexibility index (Phi) is 3.71. The zero-order chi connectivity index (χ0) is 15.0. The van der Waals surface area contributed by atoms with Crippen molar-refractivity contribution in [2.45, 2.75) is 37.6 Å². The van der Waals surface area contributed by atoms with Gasteiger partial charge in [0.2, 0.25) is 0 Å². The van der Waals surface area contributed by atoms with E-state index in [9.17, 15) is 8.42 Å². The summed E-state index contributed by atoms with van der Waals surface area (Å²) in [6.07, 6.45) is 0. The van der Waals surface area contributed by atoms with Crippen molar-refractivity contribution in [2.24, 2.45) is 5.73 Å². The Balaban J connectivity index is 2.61. The van der Waals surface area contributed by atoms with Crippen LogP contribution in [0.3, 0.4) is 0 Å². The first kappa shape index (κ1) is 14.7. The van der Waals surface area contributed by atoms with E-state index in [0.29, 0.717) is 11.4 Å². The molecule has 0 aliphatic rings. The molecule has 2 aromatic rings. The molecule has 0 saturated heterocycles. The minimum atomic E-state index is -3.70. The molecule has 0 bridgehead atoms. The lowest BCUT2D eigenvalue weighted by molar-refractivity contribution is 0.551. The molecule has 6 heteroatoms. The largest absolute Gasteiger partial charge is 0.325 e. The van der Waals surface area contributed by atoms with E-state index in [-0.39, 0.29) is 16.9 Å². The summed E-state index contributed by atoms with van der Waals surface area (Å²) in [5.41, 5.74) is 6.61. The number of nitrogens with zero attached hydrogens (tertiary/aromatic N) is 2. The van der Waals surface area contributed by atoms with Crippen LogP contribution in [0.2, 0.25) is 0 Å². The Morgan fingerprint density at radius 1 is 1.20 bits per heavy atom. The summed E-state index contributed by atoms with van der Waals surface area (Å²) in [7, 11) is -3.70. The zero-order valence-corrected chi connectivity index (χ0v) is 12.7. The van der Waals surface area contributed by atoms with Crippen LogP contribution in [0.1, 0.15) is 32.2 Å². The molecule has 0 spiro atoms. The van der Waals surface area contributed by atoms with Gasteiger partial charge in [-0.2, -0.15) is 17.6 Å². The average Bonchev–Trinajstić information content (AvgIpc) is 2.84. The van der Waals surface area contributed by atoms with E-state index in [0.717, 1.165) is 4.09 Å². The maximum atomic E-state index is 12.6. The Bertz CT molecular complexity index is 698. The van der Waals surface area contributed by atoms with E-state index in [1.165, 1.54) is 0 Å². The highest BCUT2D eigenvalue weighted by Crippen LogP contribution is 2.24. The van der Waals surface area contributed by atoms with Crippen LogP contribution in [0.25, 0.3) is 0 Å². The molecule has 1 heterocycles. The smallest absolute Gasteiger partial charge is 0.283 e. The molecule has 0 saturated carbocycles. The number of benzene rings is 1. The first-order valence-corrected chi connectivity index (χ1v) is 7.81. The molecule has 108 valence electrons. The highest BCUT2D eigenvalue weighted by Gasteiger charge is 2.25. The van der Waals surface area contributed by atoms with Crippen LogP contribution < -0.4 is 5.73 Å². The summed E-state index contributed by atoms with van der Waals surface area (Å²) in [4.78, 5) is 0.207. The number of hydrogen-bond acceptors (Lipinski definition) is 4. The van der Waals surface area contributed by atoms with Crippen LogP contribution >= 0.6 is 0 Å². The molecule has 2 N–H and O–H groups in total. The Labute approximate surface area is 119 Å². The van der Waals surface area contributed by atoms with Gasteiger partial charge in [0.25, 0.3) is 10.0 Å². The molecule has 20 heavy (non-hydrogen) atoms. The number of rotatable bonds is 3. The van der Waals surface area contributed by atoms with Gasteiger partial charge < -0.3 is 5.73 Å². The Hall–Kier alpha value is -1.66. The maximum absolute atomic E-state index is 12.6. The molecule has 0 fully saturated rings. The molecule has 0 amide bonds. The molecule has 1 aromatic heterocycles. The fourth-order valence-corrected chi connectivity index (χ4v) is 3.14. The first-order valence-electron chi connectivity index (χ1n) is 6.37. The molecule has 0 atom stereocenters. The van der Waals surface area contributed by atoms with Gasteiger partial charge in [-0.15, -0.1) is 0 Å². The number of hydrogen-bond donors (Lipinski definition) is 1. The minimum Gasteiger partial charge on any atom is -0.325 e. The van der Waals surface area contributed by atoms with Crippen molar-refractivity contribution >= 4 is 10.0 Å². The standard InChI is InChI=1S/C14H19N3O2S/c1-14(2,3)13-9-11(10-15)17(16-13)20(18,19)12-7-5-4-6-8-12/h4-9H,10,15H2,1-3H3. The fraction of sp³-hybridized carbons (Fsp3) is 0.357. The number of aromatic nitrogens is 2. The van der Waals surface area contributed by atoms with Gasteiger partial charge in [-0.1, -0.05) is 39.0 Å². The molecule has 2 rings (SSSR count). The molecule has 0 aliphatic carbocycles. The SMILES string of the molecule is CC(C)(C)c1cc(CN)n(S(=O)(=O)c2ccccc2)n1. The molecular weight excluding hydrogens is 274 g/mol. The van der Waals surface area contributed by atoms with Crippen LogP contribution in [0, 0.1) is 0 Å². The lowest BCUT2D eigenvalue weighted by Crippen LogP contribution is -2.20. The highest BCUT2D eigenvalue weighted by atomic mass is 32.2. The summed E-state index contributed by atoms with van der Waals surface area (Å²) < 4.78 is 26.2. The molecule has 0 radical (unpaired) electrons. The zero-order valence-electron chi connectivity index (χ0n) is 11.9. The predicted octanol–water partition coefficient (Wildman–Crippen LogP) is 1.88. The normalized spacial score (nSPS) is 12.6. The second-order valence-corrected chi connectivity index (χ2v) is 7.40. The third-order valence-electron chi connectivity index (χ3n) is 2.99. The van der Waals surface area contributed by atoms with Gasteiger partial charge >= 0.3 is 0 Å². The summed E-state index contributed by atoms with van der Waals surface area (Å²) in [6, 6.07) is 9.99. The van der Waals surface area contributed by atoms with Gasteiger partial charge in [0, 0.05) is 12.0 Å². The van der Waals surface area contributed by atoms with Crippen molar-refractivity contribution in [3.05, 3.63) is 47.8 Å². The lowest BCUT2D eigenvalue weighted by Gasteiger charge is -2.14. The average molecular weight is 293 g/mol. The second kappa shape index (κ2) is 5.03. The van der Waals surface area contributed by atoms with Crippen LogP contribution in [0.5, 0.6) is 0 Å². The summed E-state index contributed by atoms with van der Waals surface area (Å²) in [5, 5.41) is 4.25. The van der Waals surface area contributed by atoms with E-state index in [4.69, 9.17) is 5.73 Å².